The van der Waals surface area contributed by atoms with Gasteiger partial charge in [-0.1, -0.05) is 5.16 Å². The number of carbonyl (C=O) groups is 1. The first kappa shape index (κ1) is 24.9. The predicted octanol–water partition coefficient (Wildman–Crippen LogP) is 3.25. The van der Waals surface area contributed by atoms with Gasteiger partial charge in [-0.05, 0) is 66.7 Å². The second-order valence-corrected chi connectivity index (χ2v) is 9.02. The fourth-order valence-corrected chi connectivity index (χ4v) is 3.58. The molecule has 0 saturated carbocycles. The molecule has 176 valence electrons. The highest BCUT2D eigenvalue weighted by Gasteiger charge is 2.27. The number of aryl methyl sites for hydroxylation is 2. The molecule has 0 bridgehead atoms. The lowest BCUT2D eigenvalue weighted by Crippen LogP contribution is -2.48. The van der Waals surface area contributed by atoms with Crippen LogP contribution in [0.25, 0.3) is 0 Å². The Balaban J connectivity index is 1.81. The largest absolute Gasteiger partial charge is 0.444 e. The van der Waals surface area contributed by atoms with Gasteiger partial charge in [0.2, 0.25) is 5.89 Å². The summed E-state index contributed by atoms with van der Waals surface area (Å²) in [6.45, 7) is 16.5. The molecule has 1 aliphatic heterocycles. The number of nitrogens with one attached hydrogen (secondary N) is 1. The molecule has 1 aliphatic rings. The summed E-state index contributed by atoms with van der Waals surface area (Å²) in [6.07, 6.45) is 3.46. The number of hydrogen-bond acceptors (Lipinski definition) is 6. The molecule has 9 nitrogen and oxygen atoms in total. The van der Waals surface area contributed by atoms with Crippen LogP contribution in [0.4, 0.5) is 4.79 Å². The Bertz CT molecular complexity index is 704. The lowest BCUT2D eigenvalue weighted by Gasteiger charge is -2.36. The summed E-state index contributed by atoms with van der Waals surface area (Å²) < 4.78 is 10.7. The maximum absolute atomic E-state index is 12.4. The normalized spacial score (nSPS) is 15.8. The average Bonchev–Trinajstić information content (AvgIpc) is 3.12. The van der Waals surface area contributed by atoms with Crippen LogP contribution in [0.15, 0.2) is 9.52 Å². The van der Waals surface area contributed by atoms with Gasteiger partial charge in [-0.3, -0.25) is 4.99 Å². The summed E-state index contributed by atoms with van der Waals surface area (Å²) in [6, 6.07) is 0. The van der Waals surface area contributed by atoms with Crippen molar-refractivity contribution >= 4 is 12.1 Å². The van der Waals surface area contributed by atoms with Gasteiger partial charge in [0.1, 0.15) is 5.60 Å². The molecule has 1 aromatic heterocycles. The molecule has 9 heteroatoms. The molecule has 1 amide bonds. The Hall–Kier alpha value is -2.32. The van der Waals surface area contributed by atoms with Gasteiger partial charge in [0.15, 0.2) is 11.8 Å². The van der Waals surface area contributed by atoms with Gasteiger partial charge >= 0.3 is 6.09 Å². The first-order valence-electron chi connectivity index (χ1n) is 11.5. The summed E-state index contributed by atoms with van der Waals surface area (Å²) in [4.78, 5) is 25.6. The third kappa shape index (κ3) is 8.75. The molecule has 0 aromatic carbocycles. The van der Waals surface area contributed by atoms with Crippen molar-refractivity contribution in [2.45, 2.75) is 72.8 Å². The number of aliphatic imine (C=N–C) groups is 1. The second kappa shape index (κ2) is 11.9. The lowest BCUT2D eigenvalue weighted by atomic mass is 9.96. The van der Waals surface area contributed by atoms with E-state index in [1.807, 2.05) is 39.5 Å². The zero-order valence-corrected chi connectivity index (χ0v) is 20.1. The lowest BCUT2D eigenvalue weighted by molar-refractivity contribution is 0.0214. The Morgan fingerprint density at radius 1 is 1.32 bits per heavy atom. The zero-order valence-electron chi connectivity index (χ0n) is 20.1. The molecule has 0 unspecified atom stereocenters. The maximum atomic E-state index is 12.4. The van der Waals surface area contributed by atoms with Crippen molar-refractivity contribution in [2.24, 2.45) is 10.9 Å². The van der Waals surface area contributed by atoms with Crippen LogP contribution >= 0.6 is 0 Å². The number of nitrogens with zero attached hydrogens (tertiary/aromatic N) is 5. The molecule has 1 saturated heterocycles. The van der Waals surface area contributed by atoms with Crippen molar-refractivity contribution in [3.8, 4) is 0 Å². The number of piperidine rings is 1. The molecule has 1 N–H and O–H groups in total. The highest BCUT2D eigenvalue weighted by Crippen LogP contribution is 2.20. The summed E-state index contributed by atoms with van der Waals surface area (Å²) in [5, 5.41) is 7.23. The minimum Gasteiger partial charge on any atom is -0.444 e. The Kier molecular flexibility index (Phi) is 9.58. The van der Waals surface area contributed by atoms with Crippen molar-refractivity contribution in [3.05, 3.63) is 11.7 Å². The molecule has 1 aromatic rings. The molecule has 0 spiro atoms. The van der Waals surface area contributed by atoms with Gasteiger partial charge in [0.25, 0.3) is 0 Å². The number of aromatic nitrogens is 2. The Morgan fingerprint density at radius 3 is 2.58 bits per heavy atom. The molecule has 2 rings (SSSR count). The van der Waals surface area contributed by atoms with Crippen molar-refractivity contribution in [1.82, 2.24) is 25.3 Å². The van der Waals surface area contributed by atoms with E-state index in [0.29, 0.717) is 30.7 Å². The van der Waals surface area contributed by atoms with E-state index in [0.717, 1.165) is 57.8 Å². The smallest absolute Gasteiger partial charge is 0.410 e. The number of ether oxygens (including phenoxy) is 1. The molecule has 31 heavy (non-hydrogen) atoms. The minimum absolute atomic E-state index is 0.219. The summed E-state index contributed by atoms with van der Waals surface area (Å²) >= 11 is 0. The van der Waals surface area contributed by atoms with Crippen molar-refractivity contribution < 1.29 is 14.1 Å². The van der Waals surface area contributed by atoms with Crippen LogP contribution in [0.5, 0.6) is 0 Å². The van der Waals surface area contributed by atoms with Crippen molar-refractivity contribution in [3.63, 3.8) is 0 Å². The van der Waals surface area contributed by atoms with Gasteiger partial charge in [-0.2, -0.15) is 4.98 Å². The predicted molar refractivity (Wildman–Crippen MR) is 121 cm³/mol. The summed E-state index contributed by atoms with van der Waals surface area (Å²) in [5.41, 5.74) is -0.465. The number of hydrogen-bond donors (Lipinski definition) is 1. The van der Waals surface area contributed by atoms with Crippen LogP contribution in [-0.2, 0) is 11.2 Å². The number of rotatable bonds is 8. The van der Waals surface area contributed by atoms with E-state index in [2.05, 4.69) is 27.3 Å². The van der Waals surface area contributed by atoms with E-state index < -0.39 is 5.60 Å². The third-order valence-electron chi connectivity index (χ3n) is 5.14. The number of amides is 1. The van der Waals surface area contributed by atoms with E-state index in [1.54, 1.807) is 0 Å². The maximum Gasteiger partial charge on any atom is 0.410 e. The Labute approximate surface area is 186 Å². The van der Waals surface area contributed by atoms with Gasteiger partial charge in [-0.25, -0.2) is 4.79 Å². The first-order valence-corrected chi connectivity index (χ1v) is 11.5. The monoisotopic (exact) mass is 436 g/mol. The third-order valence-corrected chi connectivity index (χ3v) is 5.14. The Morgan fingerprint density at radius 2 is 2.03 bits per heavy atom. The van der Waals surface area contributed by atoms with E-state index in [4.69, 9.17) is 14.3 Å². The van der Waals surface area contributed by atoms with Crippen LogP contribution in [0.3, 0.4) is 0 Å². The molecule has 1 fully saturated rings. The fraction of sp³-hybridized carbons (Fsp3) is 0.818. The van der Waals surface area contributed by atoms with Crippen molar-refractivity contribution in [2.75, 3.05) is 39.3 Å². The van der Waals surface area contributed by atoms with Gasteiger partial charge < -0.3 is 24.4 Å². The van der Waals surface area contributed by atoms with Crippen LogP contribution in [0.1, 0.15) is 65.6 Å². The van der Waals surface area contributed by atoms with E-state index in [9.17, 15) is 4.79 Å². The highest BCUT2D eigenvalue weighted by atomic mass is 16.6. The van der Waals surface area contributed by atoms with Crippen LogP contribution < -0.4 is 5.32 Å². The number of likely N-dealkylation sites (tertiary alicyclic amines) is 1. The average molecular weight is 437 g/mol. The zero-order chi connectivity index (χ0) is 22.9. The van der Waals surface area contributed by atoms with Crippen LogP contribution in [0.2, 0.25) is 0 Å². The van der Waals surface area contributed by atoms with E-state index >= 15 is 0 Å². The summed E-state index contributed by atoms with van der Waals surface area (Å²) in [7, 11) is 0. The molecular formula is C22H40N6O3. The number of carbonyl (C=O) groups excluding carboxylic acids is 1. The minimum atomic E-state index is -0.465. The molecule has 0 aliphatic carbocycles. The molecule has 0 atom stereocenters. The SMILES string of the molecule is CCNC(=NCCCc1nc(C)no1)N1CCC(CN(CC)C(=O)OC(C)(C)C)CC1. The summed E-state index contributed by atoms with van der Waals surface area (Å²) in [5.74, 6) is 2.78. The quantitative estimate of drug-likeness (QED) is 0.380. The van der Waals surface area contributed by atoms with E-state index in [-0.39, 0.29) is 6.09 Å². The standard InChI is InChI=1S/C22H40N6O3/c1-7-23-20(24-13-9-10-19-25-17(3)26-31-19)28-14-11-18(12-15-28)16-27(8-2)21(29)30-22(4,5)6/h18H,7-16H2,1-6H3,(H,23,24). The van der Waals surface area contributed by atoms with Gasteiger partial charge in [0.05, 0.1) is 0 Å². The highest BCUT2D eigenvalue weighted by molar-refractivity contribution is 5.80. The van der Waals surface area contributed by atoms with Gasteiger partial charge in [-0.15, -0.1) is 0 Å². The van der Waals surface area contributed by atoms with Gasteiger partial charge in [0, 0.05) is 45.7 Å². The fourth-order valence-electron chi connectivity index (χ4n) is 3.58. The molecule has 0 radical (unpaired) electrons. The number of guanidine groups is 1. The first-order chi connectivity index (χ1) is 14.7. The molecule has 2 heterocycles. The van der Waals surface area contributed by atoms with Crippen molar-refractivity contribution in [1.29, 1.82) is 0 Å². The van der Waals surface area contributed by atoms with Crippen LogP contribution in [0, 0.1) is 12.8 Å². The molecular weight excluding hydrogens is 396 g/mol. The topological polar surface area (TPSA) is 96.1 Å². The second-order valence-electron chi connectivity index (χ2n) is 9.02. The van der Waals surface area contributed by atoms with E-state index in [1.165, 1.54) is 0 Å². The van der Waals surface area contributed by atoms with Crippen LogP contribution in [-0.4, -0.2) is 76.9 Å².